The Morgan fingerprint density at radius 2 is 1.77 bits per heavy atom. The van der Waals surface area contributed by atoms with Gasteiger partial charge in [-0.3, -0.25) is 11.3 Å². The molecule has 0 amide bonds. The molecular formula is C11H26N2. The van der Waals surface area contributed by atoms with E-state index in [0.717, 1.165) is 0 Å². The van der Waals surface area contributed by atoms with E-state index in [0.29, 0.717) is 6.04 Å². The summed E-state index contributed by atoms with van der Waals surface area (Å²) in [6.07, 6.45) is 6.47. The zero-order valence-electron chi connectivity index (χ0n) is 9.69. The fourth-order valence-corrected chi connectivity index (χ4v) is 1.54. The Kier molecular flexibility index (Phi) is 6.35. The number of hydrazine groups is 1. The highest BCUT2D eigenvalue weighted by Crippen LogP contribution is 2.23. The van der Waals surface area contributed by atoms with E-state index in [1.807, 2.05) is 0 Å². The van der Waals surface area contributed by atoms with E-state index in [4.69, 9.17) is 5.84 Å². The minimum atomic E-state index is 0.279. The van der Waals surface area contributed by atoms with Crippen LogP contribution in [0.25, 0.3) is 0 Å². The van der Waals surface area contributed by atoms with Crippen molar-refractivity contribution in [2.45, 2.75) is 65.8 Å². The lowest BCUT2D eigenvalue weighted by Crippen LogP contribution is -2.44. The van der Waals surface area contributed by atoms with E-state index in [-0.39, 0.29) is 5.41 Å². The fourth-order valence-electron chi connectivity index (χ4n) is 1.54. The van der Waals surface area contributed by atoms with Crippen molar-refractivity contribution >= 4 is 0 Å². The molecular weight excluding hydrogens is 160 g/mol. The average molecular weight is 186 g/mol. The van der Waals surface area contributed by atoms with Crippen molar-refractivity contribution in [3.05, 3.63) is 0 Å². The van der Waals surface area contributed by atoms with Gasteiger partial charge in [-0.1, -0.05) is 53.4 Å². The van der Waals surface area contributed by atoms with Gasteiger partial charge in [0.25, 0.3) is 0 Å². The van der Waals surface area contributed by atoms with Gasteiger partial charge in [-0.2, -0.15) is 0 Å². The summed E-state index contributed by atoms with van der Waals surface area (Å²) in [5.74, 6) is 5.52. The van der Waals surface area contributed by atoms with E-state index in [1.54, 1.807) is 0 Å². The van der Waals surface area contributed by atoms with Gasteiger partial charge >= 0.3 is 0 Å². The molecule has 0 aliphatic rings. The van der Waals surface area contributed by atoms with Crippen molar-refractivity contribution < 1.29 is 0 Å². The van der Waals surface area contributed by atoms with E-state index in [1.165, 1.54) is 32.1 Å². The predicted octanol–water partition coefficient (Wildman–Crippen LogP) is 2.83. The maximum Gasteiger partial charge on any atom is 0.0259 e. The minimum absolute atomic E-state index is 0.279. The maximum absolute atomic E-state index is 5.52. The second kappa shape index (κ2) is 6.39. The molecule has 0 aliphatic carbocycles. The fraction of sp³-hybridized carbons (Fsp3) is 1.00. The number of rotatable bonds is 6. The SMILES string of the molecule is CCCCCCC(NN)C(C)(C)C. The lowest BCUT2D eigenvalue weighted by molar-refractivity contribution is 0.251. The summed E-state index contributed by atoms with van der Waals surface area (Å²) in [5, 5.41) is 0. The molecule has 1 atom stereocenters. The third-order valence-corrected chi connectivity index (χ3v) is 2.59. The van der Waals surface area contributed by atoms with Gasteiger partial charge in [-0.15, -0.1) is 0 Å². The Hall–Kier alpha value is -0.0800. The van der Waals surface area contributed by atoms with Crippen LogP contribution in [0.2, 0.25) is 0 Å². The van der Waals surface area contributed by atoms with Crippen molar-refractivity contribution in [1.82, 2.24) is 5.43 Å². The van der Waals surface area contributed by atoms with Crippen LogP contribution in [0.15, 0.2) is 0 Å². The molecule has 0 aliphatic heterocycles. The molecule has 0 fully saturated rings. The van der Waals surface area contributed by atoms with Gasteiger partial charge in [0.2, 0.25) is 0 Å². The Bertz CT molecular complexity index is 116. The second-order valence-corrected chi connectivity index (χ2v) is 4.93. The summed E-state index contributed by atoms with van der Waals surface area (Å²) in [5.41, 5.74) is 3.20. The van der Waals surface area contributed by atoms with Gasteiger partial charge in [0.15, 0.2) is 0 Å². The van der Waals surface area contributed by atoms with Crippen LogP contribution in [0.4, 0.5) is 0 Å². The molecule has 0 rings (SSSR count). The highest BCUT2D eigenvalue weighted by atomic mass is 15.2. The molecule has 0 aromatic carbocycles. The third-order valence-electron chi connectivity index (χ3n) is 2.59. The molecule has 0 aromatic heterocycles. The highest BCUT2D eigenvalue weighted by Gasteiger charge is 2.22. The molecule has 2 heteroatoms. The van der Waals surface area contributed by atoms with Crippen LogP contribution in [0.3, 0.4) is 0 Å². The van der Waals surface area contributed by atoms with Crippen LogP contribution < -0.4 is 11.3 Å². The molecule has 0 radical (unpaired) electrons. The first-order valence-corrected chi connectivity index (χ1v) is 5.48. The number of hydrogen-bond donors (Lipinski definition) is 2. The normalized spacial score (nSPS) is 14.5. The molecule has 3 N–H and O–H groups in total. The van der Waals surface area contributed by atoms with Gasteiger partial charge in [0, 0.05) is 6.04 Å². The molecule has 0 bridgehead atoms. The maximum atomic E-state index is 5.52. The standard InChI is InChI=1S/C11H26N2/c1-5-6-7-8-9-10(13-12)11(2,3)4/h10,13H,5-9,12H2,1-4H3. The number of hydrogen-bond acceptors (Lipinski definition) is 2. The average Bonchev–Trinajstić information content (AvgIpc) is 2.02. The van der Waals surface area contributed by atoms with Gasteiger partial charge in [-0.05, 0) is 11.8 Å². The molecule has 0 heterocycles. The van der Waals surface area contributed by atoms with E-state index in [2.05, 4.69) is 33.1 Å². The predicted molar refractivity (Wildman–Crippen MR) is 59.3 cm³/mol. The largest absolute Gasteiger partial charge is 0.271 e. The quantitative estimate of drug-likeness (QED) is 0.380. The highest BCUT2D eigenvalue weighted by molar-refractivity contribution is 4.78. The Balaban J connectivity index is 3.61. The van der Waals surface area contributed by atoms with Crippen molar-refractivity contribution in [2.75, 3.05) is 0 Å². The van der Waals surface area contributed by atoms with E-state index < -0.39 is 0 Å². The van der Waals surface area contributed by atoms with Crippen molar-refractivity contribution in [1.29, 1.82) is 0 Å². The van der Waals surface area contributed by atoms with Crippen LogP contribution in [0.5, 0.6) is 0 Å². The molecule has 1 unspecified atom stereocenters. The van der Waals surface area contributed by atoms with Crippen LogP contribution in [-0.2, 0) is 0 Å². The van der Waals surface area contributed by atoms with Gasteiger partial charge < -0.3 is 0 Å². The Morgan fingerprint density at radius 3 is 2.15 bits per heavy atom. The lowest BCUT2D eigenvalue weighted by Gasteiger charge is -2.30. The lowest BCUT2D eigenvalue weighted by atomic mass is 9.84. The molecule has 2 nitrogen and oxygen atoms in total. The number of nitrogens with two attached hydrogens (primary N) is 1. The minimum Gasteiger partial charge on any atom is -0.271 e. The summed E-state index contributed by atoms with van der Waals surface area (Å²) in [7, 11) is 0. The zero-order valence-corrected chi connectivity index (χ0v) is 9.69. The Morgan fingerprint density at radius 1 is 1.15 bits per heavy atom. The number of nitrogens with one attached hydrogen (secondary N) is 1. The first-order valence-electron chi connectivity index (χ1n) is 5.48. The number of unbranched alkanes of at least 4 members (excludes halogenated alkanes) is 3. The monoisotopic (exact) mass is 186 g/mol. The van der Waals surface area contributed by atoms with Gasteiger partial charge in [0.05, 0.1) is 0 Å². The van der Waals surface area contributed by atoms with Crippen LogP contribution in [-0.4, -0.2) is 6.04 Å². The molecule has 0 spiro atoms. The van der Waals surface area contributed by atoms with E-state index >= 15 is 0 Å². The molecule has 13 heavy (non-hydrogen) atoms. The zero-order chi connectivity index (χ0) is 10.3. The summed E-state index contributed by atoms with van der Waals surface area (Å²) in [6.45, 7) is 8.94. The Labute approximate surface area is 83.2 Å². The van der Waals surface area contributed by atoms with Gasteiger partial charge in [0.1, 0.15) is 0 Å². The first kappa shape index (κ1) is 12.9. The topological polar surface area (TPSA) is 38.0 Å². The summed E-state index contributed by atoms with van der Waals surface area (Å²) in [6, 6.07) is 0.448. The molecule has 0 saturated heterocycles. The molecule has 0 aromatic rings. The summed E-state index contributed by atoms with van der Waals surface area (Å²) < 4.78 is 0. The summed E-state index contributed by atoms with van der Waals surface area (Å²) in [4.78, 5) is 0. The van der Waals surface area contributed by atoms with Crippen molar-refractivity contribution in [3.63, 3.8) is 0 Å². The van der Waals surface area contributed by atoms with Gasteiger partial charge in [-0.25, -0.2) is 0 Å². The second-order valence-electron chi connectivity index (χ2n) is 4.93. The molecule has 0 saturated carbocycles. The third kappa shape index (κ3) is 6.05. The van der Waals surface area contributed by atoms with Crippen LogP contribution in [0.1, 0.15) is 59.8 Å². The smallest absolute Gasteiger partial charge is 0.0259 e. The van der Waals surface area contributed by atoms with Crippen LogP contribution >= 0.6 is 0 Å². The van der Waals surface area contributed by atoms with Crippen molar-refractivity contribution in [2.24, 2.45) is 11.3 Å². The summed E-state index contributed by atoms with van der Waals surface area (Å²) >= 11 is 0. The van der Waals surface area contributed by atoms with E-state index in [9.17, 15) is 0 Å². The first-order chi connectivity index (χ1) is 6.02. The van der Waals surface area contributed by atoms with Crippen molar-refractivity contribution in [3.8, 4) is 0 Å². The molecule has 80 valence electrons. The van der Waals surface area contributed by atoms with Crippen LogP contribution in [0, 0.1) is 5.41 Å².